The van der Waals surface area contributed by atoms with Gasteiger partial charge < -0.3 is 0 Å². The van der Waals surface area contributed by atoms with E-state index in [0.29, 0.717) is 5.78 Å². The van der Waals surface area contributed by atoms with Crippen molar-refractivity contribution in [2.24, 2.45) is 46.3 Å². The van der Waals surface area contributed by atoms with Crippen molar-refractivity contribution in [3.05, 3.63) is 0 Å². The summed E-state index contributed by atoms with van der Waals surface area (Å²) in [4.78, 5) is 13.6. The topological polar surface area (TPSA) is 17.1 Å². The molecule has 2 spiro atoms. The Hall–Kier alpha value is -0.400. The lowest BCUT2D eigenvalue weighted by molar-refractivity contribution is -0.194. The molecule has 5 rings (SSSR count). The summed E-state index contributed by atoms with van der Waals surface area (Å²) in [6.07, 6.45) is 19.5. The Bertz CT molecular complexity index is 623. The standard InChI is InChI=1S/C29H47FO/c1-3-21-6-10-23(11-7-21)25-14-18-29(19-15-25)26(30)28(27(29)31)16-12-24(13-17-28)22-8-4-20(2)5-9-22/h20-26H,3-19H2,1-2H3/t20-,21-,22-,23-,24?,25?,26?,28?,29?. The molecule has 0 heterocycles. The van der Waals surface area contributed by atoms with Gasteiger partial charge in [-0.25, -0.2) is 4.39 Å². The highest BCUT2D eigenvalue weighted by Gasteiger charge is 2.71. The minimum Gasteiger partial charge on any atom is -0.298 e. The van der Waals surface area contributed by atoms with Gasteiger partial charge in [0.15, 0.2) is 5.78 Å². The molecule has 2 heteroatoms. The first-order chi connectivity index (χ1) is 15.0. The number of Topliss-reactive ketones (excluding diaryl/α,β-unsaturated/α-hetero) is 1. The second kappa shape index (κ2) is 8.75. The average Bonchev–Trinajstić information content (AvgIpc) is 2.84. The molecule has 31 heavy (non-hydrogen) atoms. The fourth-order valence-electron chi connectivity index (χ4n) is 9.22. The van der Waals surface area contributed by atoms with Crippen molar-refractivity contribution in [1.82, 2.24) is 0 Å². The quantitative estimate of drug-likeness (QED) is 0.440. The van der Waals surface area contributed by atoms with Crippen molar-refractivity contribution in [2.75, 3.05) is 0 Å². The minimum atomic E-state index is -0.836. The van der Waals surface area contributed by atoms with Gasteiger partial charge >= 0.3 is 0 Å². The van der Waals surface area contributed by atoms with Crippen molar-refractivity contribution in [2.45, 2.75) is 129 Å². The predicted molar refractivity (Wildman–Crippen MR) is 126 cm³/mol. The number of carbonyl (C=O) groups is 1. The van der Waals surface area contributed by atoms with Crippen LogP contribution in [0.1, 0.15) is 123 Å². The highest BCUT2D eigenvalue weighted by atomic mass is 19.1. The molecule has 5 fully saturated rings. The van der Waals surface area contributed by atoms with Gasteiger partial charge in [-0.1, -0.05) is 46.0 Å². The zero-order valence-electron chi connectivity index (χ0n) is 20.3. The van der Waals surface area contributed by atoms with Gasteiger partial charge in [-0.15, -0.1) is 0 Å². The summed E-state index contributed by atoms with van der Waals surface area (Å²) in [5, 5.41) is 0. The Labute approximate surface area is 190 Å². The fourth-order valence-corrected chi connectivity index (χ4v) is 9.22. The SMILES string of the molecule is CC[C@H]1CC[C@H](C2CCC3(CC2)C(=O)C2(CCC([C@H]4CC[C@H](C)CC4)CC2)C3F)CC1. The van der Waals surface area contributed by atoms with E-state index >= 15 is 4.39 Å². The van der Waals surface area contributed by atoms with Crippen LogP contribution in [0, 0.1) is 46.3 Å². The lowest BCUT2D eigenvalue weighted by Crippen LogP contribution is -2.69. The van der Waals surface area contributed by atoms with Crippen molar-refractivity contribution in [3.63, 3.8) is 0 Å². The summed E-state index contributed by atoms with van der Waals surface area (Å²) < 4.78 is 15.9. The molecule has 0 saturated heterocycles. The molecule has 0 bridgehead atoms. The molecule has 0 aromatic carbocycles. The molecular weight excluding hydrogens is 383 g/mol. The number of alkyl halides is 1. The zero-order valence-corrected chi connectivity index (χ0v) is 20.3. The van der Waals surface area contributed by atoms with Crippen molar-refractivity contribution in [3.8, 4) is 0 Å². The fraction of sp³-hybridized carbons (Fsp3) is 0.966. The van der Waals surface area contributed by atoms with Crippen LogP contribution in [0.5, 0.6) is 0 Å². The molecule has 0 aromatic heterocycles. The summed E-state index contributed by atoms with van der Waals surface area (Å²) >= 11 is 0. The average molecular weight is 431 g/mol. The summed E-state index contributed by atoms with van der Waals surface area (Å²) in [6, 6.07) is 0. The lowest BCUT2D eigenvalue weighted by Gasteiger charge is -2.62. The summed E-state index contributed by atoms with van der Waals surface area (Å²) in [5.41, 5.74) is -1.13. The zero-order chi connectivity index (χ0) is 21.6. The first kappa shape index (κ1) is 22.4. The molecule has 1 nitrogen and oxygen atoms in total. The minimum absolute atomic E-state index is 0.372. The largest absolute Gasteiger partial charge is 0.298 e. The number of ketones is 1. The van der Waals surface area contributed by atoms with Crippen LogP contribution in [0.4, 0.5) is 4.39 Å². The maximum Gasteiger partial charge on any atom is 0.151 e. The number of carbonyl (C=O) groups excluding carboxylic acids is 1. The molecule has 176 valence electrons. The molecule has 5 aliphatic rings. The number of hydrogen-bond acceptors (Lipinski definition) is 1. The van der Waals surface area contributed by atoms with Crippen LogP contribution in [-0.4, -0.2) is 12.0 Å². The van der Waals surface area contributed by atoms with E-state index in [4.69, 9.17) is 0 Å². The normalized spacial score (nSPS) is 51.1. The molecule has 0 radical (unpaired) electrons. The maximum atomic E-state index is 15.9. The van der Waals surface area contributed by atoms with Crippen LogP contribution >= 0.6 is 0 Å². The third-order valence-electron chi connectivity index (χ3n) is 11.6. The maximum absolute atomic E-state index is 15.9. The van der Waals surface area contributed by atoms with E-state index in [0.717, 1.165) is 86.9 Å². The Morgan fingerprint density at radius 2 is 1.06 bits per heavy atom. The van der Waals surface area contributed by atoms with Gasteiger partial charge in [0, 0.05) is 0 Å². The van der Waals surface area contributed by atoms with Gasteiger partial charge in [0.05, 0.1) is 10.8 Å². The van der Waals surface area contributed by atoms with Crippen molar-refractivity contribution in [1.29, 1.82) is 0 Å². The van der Waals surface area contributed by atoms with Gasteiger partial charge in [0.25, 0.3) is 0 Å². The first-order valence-electron chi connectivity index (χ1n) is 14.2. The Kier molecular flexibility index (Phi) is 6.32. The van der Waals surface area contributed by atoms with Crippen LogP contribution < -0.4 is 0 Å². The molecule has 1 atom stereocenters. The van der Waals surface area contributed by atoms with Crippen molar-refractivity contribution >= 4 is 5.78 Å². The Balaban J connectivity index is 1.14. The third-order valence-corrected chi connectivity index (χ3v) is 11.6. The smallest absolute Gasteiger partial charge is 0.151 e. The van der Waals surface area contributed by atoms with E-state index in [-0.39, 0.29) is 0 Å². The number of hydrogen-bond donors (Lipinski definition) is 0. The van der Waals surface area contributed by atoms with Gasteiger partial charge in [-0.05, 0) is 113 Å². The molecule has 0 N–H and O–H groups in total. The number of rotatable bonds is 3. The van der Waals surface area contributed by atoms with Crippen LogP contribution in [0.2, 0.25) is 0 Å². The lowest BCUT2D eigenvalue weighted by atomic mass is 9.41. The highest BCUT2D eigenvalue weighted by molar-refractivity contribution is 5.98. The van der Waals surface area contributed by atoms with Gasteiger partial charge in [-0.3, -0.25) is 4.79 Å². The molecule has 5 saturated carbocycles. The molecule has 5 aliphatic carbocycles. The van der Waals surface area contributed by atoms with Crippen molar-refractivity contribution < 1.29 is 9.18 Å². The summed E-state index contributed by atoms with van der Waals surface area (Å²) in [6.45, 7) is 4.72. The Morgan fingerprint density at radius 3 is 1.45 bits per heavy atom. The molecule has 1 unspecified atom stereocenters. The summed E-state index contributed by atoms with van der Waals surface area (Å²) in [5.74, 6) is 5.46. The van der Waals surface area contributed by atoms with E-state index in [1.165, 1.54) is 57.8 Å². The van der Waals surface area contributed by atoms with E-state index in [1.54, 1.807) is 0 Å². The van der Waals surface area contributed by atoms with E-state index in [9.17, 15) is 4.79 Å². The van der Waals surface area contributed by atoms with E-state index in [2.05, 4.69) is 13.8 Å². The predicted octanol–water partition coefficient (Wildman–Crippen LogP) is 8.30. The van der Waals surface area contributed by atoms with Gasteiger partial charge in [0.2, 0.25) is 0 Å². The third kappa shape index (κ3) is 3.74. The highest BCUT2D eigenvalue weighted by Crippen LogP contribution is 2.66. The van der Waals surface area contributed by atoms with E-state index in [1.807, 2.05) is 0 Å². The Morgan fingerprint density at radius 1 is 0.677 bits per heavy atom. The first-order valence-corrected chi connectivity index (χ1v) is 14.2. The van der Waals surface area contributed by atoms with Crippen LogP contribution in [0.25, 0.3) is 0 Å². The molecule has 0 amide bonds. The monoisotopic (exact) mass is 430 g/mol. The second-order valence-electron chi connectivity index (χ2n) is 12.9. The van der Waals surface area contributed by atoms with E-state index < -0.39 is 17.0 Å². The summed E-state index contributed by atoms with van der Waals surface area (Å²) in [7, 11) is 0. The molecule has 0 aromatic rings. The van der Waals surface area contributed by atoms with Crippen LogP contribution in [0.15, 0.2) is 0 Å². The number of halogens is 1. The van der Waals surface area contributed by atoms with Crippen LogP contribution in [-0.2, 0) is 4.79 Å². The molecular formula is C29H47FO. The van der Waals surface area contributed by atoms with Crippen LogP contribution in [0.3, 0.4) is 0 Å². The van der Waals surface area contributed by atoms with Gasteiger partial charge in [0.1, 0.15) is 6.17 Å². The second-order valence-corrected chi connectivity index (χ2v) is 12.9. The molecule has 0 aliphatic heterocycles. The van der Waals surface area contributed by atoms with Gasteiger partial charge in [-0.2, -0.15) is 0 Å².